The number of rotatable bonds is 7. The molecule has 0 aliphatic carbocycles. The molecule has 0 amide bonds. The second-order valence-electron chi connectivity index (χ2n) is 2.90. The van der Waals surface area contributed by atoms with Crippen molar-refractivity contribution in [1.29, 1.82) is 0 Å². The number of hydrogen-bond acceptors (Lipinski definition) is 1. The van der Waals surface area contributed by atoms with Crippen molar-refractivity contribution in [2.45, 2.75) is 45.4 Å². The highest BCUT2D eigenvalue weighted by Crippen LogP contribution is 2.00. The average molecular weight is 170 g/mol. The van der Waals surface area contributed by atoms with Crippen LogP contribution in [-0.4, -0.2) is 11.1 Å². The van der Waals surface area contributed by atoms with Gasteiger partial charge in [-0.05, 0) is 19.3 Å². The summed E-state index contributed by atoms with van der Waals surface area (Å²) in [6.45, 7) is 2.17. The Hall–Kier alpha value is -0.790. The number of carboxylic acid groups (broad SMARTS) is 1. The van der Waals surface area contributed by atoms with Gasteiger partial charge in [-0.2, -0.15) is 0 Å². The Kier molecular flexibility index (Phi) is 7.76. The fourth-order valence-electron chi connectivity index (χ4n) is 0.955. The van der Waals surface area contributed by atoms with E-state index in [9.17, 15) is 4.79 Å². The molecule has 1 N–H and O–H groups in total. The van der Waals surface area contributed by atoms with E-state index in [-0.39, 0.29) is 6.42 Å². The predicted molar refractivity (Wildman–Crippen MR) is 50.2 cm³/mol. The lowest BCUT2D eigenvalue weighted by molar-refractivity contribution is -0.136. The first-order valence-electron chi connectivity index (χ1n) is 4.64. The molecule has 0 aliphatic rings. The molecule has 0 saturated carbocycles. The van der Waals surface area contributed by atoms with Gasteiger partial charge < -0.3 is 5.11 Å². The Labute approximate surface area is 74.3 Å². The Morgan fingerprint density at radius 3 is 2.50 bits per heavy atom. The largest absolute Gasteiger partial charge is 0.481 e. The normalized spacial score (nSPS) is 10.8. The van der Waals surface area contributed by atoms with Gasteiger partial charge in [-0.15, -0.1) is 0 Å². The average Bonchev–Trinajstić information content (AvgIpc) is 2.02. The maximum atomic E-state index is 10.1. The molecule has 0 spiro atoms. The molecule has 70 valence electrons. The Bertz CT molecular complexity index is 139. The quantitative estimate of drug-likeness (QED) is 0.471. The lowest BCUT2D eigenvalue weighted by atomic mass is 10.2. The SMILES string of the molecule is CCCCCC=CCCC(=O)O. The summed E-state index contributed by atoms with van der Waals surface area (Å²) in [5.41, 5.74) is 0. The Balaban J connectivity index is 3.09. The van der Waals surface area contributed by atoms with Gasteiger partial charge in [0.15, 0.2) is 0 Å². The summed E-state index contributed by atoms with van der Waals surface area (Å²) >= 11 is 0. The minimum Gasteiger partial charge on any atom is -0.481 e. The van der Waals surface area contributed by atoms with Crippen molar-refractivity contribution in [2.24, 2.45) is 0 Å². The van der Waals surface area contributed by atoms with Gasteiger partial charge in [0.2, 0.25) is 0 Å². The van der Waals surface area contributed by atoms with Gasteiger partial charge in [-0.3, -0.25) is 4.79 Å². The summed E-state index contributed by atoms with van der Waals surface area (Å²) in [5, 5.41) is 8.32. The van der Waals surface area contributed by atoms with Crippen molar-refractivity contribution >= 4 is 5.97 Å². The highest BCUT2D eigenvalue weighted by atomic mass is 16.4. The second kappa shape index (κ2) is 8.31. The third kappa shape index (κ3) is 9.21. The molecular formula is C10H18O2. The van der Waals surface area contributed by atoms with Gasteiger partial charge in [0.25, 0.3) is 0 Å². The molecule has 0 atom stereocenters. The smallest absolute Gasteiger partial charge is 0.303 e. The van der Waals surface area contributed by atoms with E-state index in [2.05, 4.69) is 13.0 Å². The number of carbonyl (C=O) groups is 1. The molecule has 0 heterocycles. The van der Waals surface area contributed by atoms with Crippen molar-refractivity contribution in [1.82, 2.24) is 0 Å². The number of aliphatic carboxylic acids is 1. The topological polar surface area (TPSA) is 37.3 Å². The van der Waals surface area contributed by atoms with Gasteiger partial charge in [0, 0.05) is 6.42 Å². The lowest BCUT2D eigenvalue weighted by Crippen LogP contribution is -1.91. The van der Waals surface area contributed by atoms with Gasteiger partial charge >= 0.3 is 5.97 Å². The van der Waals surface area contributed by atoms with Crippen LogP contribution in [0.2, 0.25) is 0 Å². The van der Waals surface area contributed by atoms with Crippen LogP contribution < -0.4 is 0 Å². The van der Waals surface area contributed by atoms with Crippen LogP contribution in [0, 0.1) is 0 Å². The molecule has 12 heavy (non-hydrogen) atoms. The summed E-state index contributed by atoms with van der Waals surface area (Å²) in [7, 11) is 0. The number of hydrogen-bond donors (Lipinski definition) is 1. The molecule has 0 radical (unpaired) electrons. The first-order chi connectivity index (χ1) is 5.77. The first-order valence-corrected chi connectivity index (χ1v) is 4.64. The van der Waals surface area contributed by atoms with Crippen LogP contribution in [0.1, 0.15) is 45.4 Å². The molecule has 0 aromatic heterocycles. The van der Waals surface area contributed by atoms with Crippen molar-refractivity contribution in [3.8, 4) is 0 Å². The van der Waals surface area contributed by atoms with Gasteiger partial charge in [0.1, 0.15) is 0 Å². The molecule has 2 heteroatoms. The molecular weight excluding hydrogens is 152 g/mol. The predicted octanol–water partition coefficient (Wildman–Crippen LogP) is 2.99. The number of unbranched alkanes of at least 4 members (excludes halogenated alkanes) is 3. The van der Waals surface area contributed by atoms with E-state index in [4.69, 9.17) is 5.11 Å². The molecule has 0 aliphatic heterocycles. The van der Waals surface area contributed by atoms with E-state index in [1.54, 1.807) is 0 Å². The molecule has 0 rings (SSSR count). The fraction of sp³-hybridized carbons (Fsp3) is 0.700. The van der Waals surface area contributed by atoms with Crippen molar-refractivity contribution in [3.05, 3.63) is 12.2 Å². The van der Waals surface area contributed by atoms with Crippen molar-refractivity contribution in [3.63, 3.8) is 0 Å². The van der Waals surface area contributed by atoms with Crippen molar-refractivity contribution < 1.29 is 9.90 Å². The minimum atomic E-state index is -0.715. The molecule has 0 bridgehead atoms. The monoisotopic (exact) mass is 170 g/mol. The summed E-state index contributed by atoms with van der Waals surface area (Å²) in [5.74, 6) is -0.715. The minimum absolute atomic E-state index is 0.254. The third-order valence-electron chi connectivity index (χ3n) is 1.67. The van der Waals surface area contributed by atoms with Gasteiger partial charge in [0.05, 0.1) is 0 Å². The van der Waals surface area contributed by atoms with Crippen LogP contribution in [0.25, 0.3) is 0 Å². The van der Waals surface area contributed by atoms with E-state index in [1.807, 2.05) is 6.08 Å². The highest BCUT2D eigenvalue weighted by Gasteiger charge is 1.91. The van der Waals surface area contributed by atoms with Crippen LogP contribution in [0.4, 0.5) is 0 Å². The molecule has 0 saturated heterocycles. The maximum absolute atomic E-state index is 10.1. The Morgan fingerprint density at radius 2 is 1.92 bits per heavy atom. The maximum Gasteiger partial charge on any atom is 0.303 e. The second-order valence-corrected chi connectivity index (χ2v) is 2.90. The van der Waals surface area contributed by atoms with Crippen LogP contribution in [0.5, 0.6) is 0 Å². The van der Waals surface area contributed by atoms with Gasteiger partial charge in [-0.25, -0.2) is 0 Å². The molecule has 0 unspecified atom stereocenters. The van der Waals surface area contributed by atoms with Crippen molar-refractivity contribution in [2.75, 3.05) is 0 Å². The van der Waals surface area contributed by atoms with E-state index < -0.39 is 5.97 Å². The van der Waals surface area contributed by atoms with Gasteiger partial charge in [-0.1, -0.05) is 31.9 Å². The van der Waals surface area contributed by atoms with Crippen LogP contribution in [-0.2, 0) is 4.79 Å². The van der Waals surface area contributed by atoms with Crippen LogP contribution in [0.3, 0.4) is 0 Å². The number of allylic oxidation sites excluding steroid dienone is 2. The zero-order valence-corrected chi connectivity index (χ0v) is 7.75. The first kappa shape index (κ1) is 11.2. The fourth-order valence-corrected chi connectivity index (χ4v) is 0.955. The number of carboxylic acids is 1. The van der Waals surface area contributed by atoms with E-state index in [0.717, 1.165) is 6.42 Å². The summed E-state index contributed by atoms with van der Waals surface area (Å²) in [6.07, 6.45) is 9.79. The standard InChI is InChI=1S/C10H18O2/c1-2-3-4-5-6-7-8-9-10(11)12/h6-7H,2-5,8-9H2,1H3,(H,11,12). The lowest BCUT2D eigenvalue weighted by Gasteiger charge is -1.91. The Morgan fingerprint density at radius 1 is 1.25 bits per heavy atom. The molecule has 0 aromatic carbocycles. The van der Waals surface area contributed by atoms with Crippen LogP contribution in [0.15, 0.2) is 12.2 Å². The zero-order chi connectivity index (χ0) is 9.23. The van der Waals surface area contributed by atoms with Crippen LogP contribution >= 0.6 is 0 Å². The molecule has 0 aromatic rings. The third-order valence-corrected chi connectivity index (χ3v) is 1.67. The molecule has 0 fully saturated rings. The van der Waals surface area contributed by atoms with E-state index in [0.29, 0.717) is 6.42 Å². The molecule has 2 nitrogen and oxygen atoms in total. The summed E-state index contributed by atoms with van der Waals surface area (Å²) < 4.78 is 0. The summed E-state index contributed by atoms with van der Waals surface area (Å²) in [4.78, 5) is 10.1. The highest BCUT2D eigenvalue weighted by molar-refractivity contribution is 5.66. The summed E-state index contributed by atoms with van der Waals surface area (Å²) in [6, 6.07) is 0. The zero-order valence-electron chi connectivity index (χ0n) is 7.75. The van der Waals surface area contributed by atoms with E-state index >= 15 is 0 Å². The van der Waals surface area contributed by atoms with E-state index in [1.165, 1.54) is 19.3 Å².